The molecule has 1 saturated carbocycles. The number of hydrogen-bond donors (Lipinski definition) is 1. The van der Waals surface area contributed by atoms with Crippen molar-refractivity contribution < 1.29 is 4.79 Å². The molecule has 1 fully saturated rings. The number of fused-ring (bicyclic) bond motifs is 1. The van der Waals surface area contributed by atoms with E-state index in [1.165, 1.54) is 11.1 Å². The van der Waals surface area contributed by atoms with Crippen LogP contribution in [0.4, 0.5) is 10.5 Å². The molecule has 0 bridgehead atoms. The van der Waals surface area contributed by atoms with E-state index in [0.717, 1.165) is 42.4 Å². The van der Waals surface area contributed by atoms with Crippen LogP contribution < -0.4 is 10.6 Å². The number of carbonyl (C=O) groups is 1. The quantitative estimate of drug-likeness (QED) is 0.523. The number of nitrogens with zero attached hydrogens (tertiary/aromatic N) is 3. The van der Waals surface area contributed by atoms with E-state index in [1.54, 1.807) is 0 Å². The van der Waals surface area contributed by atoms with Gasteiger partial charge in [0.25, 0.3) is 0 Å². The molecular formula is C26H34N4O. The van der Waals surface area contributed by atoms with E-state index in [0.29, 0.717) is 18.4 Å². The number of rotatable bonds is 6. The van der Waals surface area contributed by atoms with Crippen LogP contribution in [0.5, 0.6) is 0 Å². The Morgan fingerprint density at radius 2 is 1.71 bits per heavy atom. The van der Waals surface area contributed by atoms with Crippen molar-refractivity contribution in [1.82, 2.24) is 9.55 Å². The van der Waals surface area contributed by atoms with Gasteiger partial charge in [-0.2, -0.15) is 0 Å². The van der Waals surface area contributed by atoms with Crippen molar-refractivity contribution in [2.45, 2.75) is 70.8 Å². The molecule has 2 aromatic heterocycles. The van der Waals surface area contributed by atoms with Gasteiger partial charge in [-0.25, -0.2) is 9.78 Å². The average molecular weight is 419 g/mol. The summed E-state index contributed by atoms with van der Waals surface area (Å²) in [6.07, 6.45) is 8.29. The molecule has 1 aliphatic rings. The molecule has 3 aromatic rings. The number of carbonyl (C=O) groups excluding carboxylic acids is 1. The summed E-state index contributed by atoms with van der Waals surface area (Å²) < 4.78 is 2.30. The van der Waals surface area contributed by atoms with E-state index in [2.05, 4.69) is 73.8 Å². The molecule has 1 aliphatic carbocycles. The molecule has 4 rings (SSSR count). The zero-order valence-electron chi connectivity index (χ0n) is 19.1. The molecule has 0 saturated heterocycles. The van der Waals surface area contributed by atoms with Gasteiger partial charge in [-0.3, -0.25) is 4.90 Å². The van der Waals surface area contributed by atoms with Gasteiger partial charge >= 0.3 is 6.03 Å². The average Bonchev–Trinajstić information content (AvgIpc) is 3.39. The highest BCUT2D eigenvalue weighted by Crippen LogP contribution is 2.42. The molecule has 2 N–H and O–H groups in total. The monoisotopic (exact) mass is 418 g/mol. The topological polar surface area (TPSA) is 64.2 Å². The Morgan fingerprint density at radius 3 is 2.29 bits per heavy atom. The van der Waals surface area contributed by atoms with Crippen molar-refractivity contribution in [2.75, 3.05) is 11.4 Å². The first-order chi connectivity index (χ1) is 14.8. The van der Waals surface area contributed by atoms with Crippen LogP contribution in [0.3, 0.4) is 0 Å². The number of primary amides is 1. The van der Waals surface area contributed by atoms with Crippen molar-refractivity contribution in [2.24, 2.45) is 5.73 Å². The lowest BCUT2D eigenvalue weighted by Gasteiger charge is -2.38. The summed E-state index contributed by atoms with van der Waals surface area (Å²) in [4.78, 5) is 19.5. The summed E-state index contributed by atoms with van der Waals surface area (Å²) in [5.41, 5.74) is 10.2. The number of aromatic nitrogens is 2. The number of pyridine rings is 1. The second-order valence-electron chi connectivity index (χ2n) is 9.55. The molecule has 31 heavy (non-hydrogen) atoms. The Hall–Kier alpha value is -2.82. The van der Waals surface area contributed by atoms with Crippen LogP contribution in [0.2, 0.25) is 0 Å². The number of para-hydroxylation sites is 1. The third kappa shape index (κ3) is 3.82. The van der Waals surface area contributed by atoms with Gasteiger partial charge in [-0.05, 0) is 54.0 Å². The Balaban J connectivity index is 1.86. The first-order valence-corrected chi connectivity index (χ1v) is 11.5. The molecular weight excluding hydrogens is 384 g/mol. The lowest BCUT2D eigenvalue weighted by Crippen LogP contribution is -2.48. The van der Waals surface area contributed by atoms with Crippen LogP contribution in [-0.2, 0) is 5.54 Å². The number of nitrogens with two attached hydrogens (primary N) is 1. The smallest absolute Gasteiger partial charge is 0.319 e. The predicted molar refractivity (Wildman–Crippen MR) is 128 cm³/mol. The van der Waals surface area contributed by atoms with E-state index in [1.807, 2.05) is 17.2 Å². The largest absolute Gasteiger partial charge is 0.351 e. The minimum absolute atomic E-state index is 0.205. The van der Waals surface area contributed by atoms with Gasteiger partial charge in [-0.15, -0.1) is 0 Å². The van der Waals surface area contributed by atoms with Gasteiger partial charge < -0.3 is 10.3 Å². The molecule has 0 unspecified atom stereocenters. The second kappa shape index (κ2) is 8.37. The highest BCUT2D eigenvalue weighted by Gasteiger charge is 2.40. The molecule has 0 radical (unpaired) electrons. The fourth-order valence-electron chi connectivity index (χ4n) is 5.24. The van der Waals surface area contributed by atoms with Gasteiger partial charge in [0.2, 0.25) is 0 Å². The summed E-state index contributed by atoms with van der Waals surface area (Å²) in [7, 11) is 0. The lowest BCUT2D eigenvalue weighted by molar-refractivity contribution is 0.245. The Bertz CT molecular complexity index is 1050. The van der Waals surface area contributed by atoms with E-state index in [9.17, 15) is 4.79 Å². The maximum Gasteiger partial charge on any atom is 0.319 e. The number of urea groups is 1. The molecule has 5 nitrogen and oxygen atoms in total. The van der Waals surface area contributed by atoms with Crippen LogP contribution >= 0.6 is 0 Å². The minimum Gasteiger partial charge on any atom is -0.351 e. The van der Waals surface area contributed by atoms with Crippen LogP contribution in [0.1, 0.15) is 76.3 Å². The van der Waals surface area contributed by atoms with Crippen molar-refractivity contribution in [1.29, 1.82) is 0 Å². The third-order valence-electron chi connectivity index (χ3n) is 6.82. The standard InChI is InChI=1S/C26H34N4O/c1-18(2)21-10-7-11-22(19(3)4)23(21)29(25(27)31)17-26(13-5-6-14-26)30-16-12-20-9-8-15-28-24(20)30/h7-12,15-16,18-19H,5-6,13-14,17H2,1-4H3,(H2,27,31). The zero-order valence-corrected chi connectivity index (χ0v) is 19.1. The van der Waals surface area contributed by atoms with Gasteiger partial charge in [0.05, 0.1) is 17.8 Å². The van der Waals surface area contributed by atoms with E-state index >= 15 is 0 Å². The molecule has 0 aliphatic heterocycles. The second-order valence-corrected chi connectivity index (χ2v) is 9.55. The molecule has 0 atom stereocenters. The van der Waals surface area contributed by atoms with Gasteiger partial charge in [0, 0.05) is 17.8 Å². The molecule has 2 heterocycles. The van der Waals surface area contributed by atoms with Crippen LogP contribution in [-0.4, -0.2) is 22.1 Å². The molecule has 164 valence electrons. The highest BCUT2D eigenvalue weighted by atomic mass is 16.2. The summed E-state index contributed by atoms with van der Waals surface area (Å²) in [5, 5.41) is 1.13. The predicted octanol–water partition coefficient (Wildman–Crippen LogP) is 6.14. The normalized spacial score (nSPS) is 15.8. The Kier molecular flexibility index (Phi) is 5.78. The first-order valence-electron chi connectivity index (χ1n) is 11.5. The molecule has 0 spiro atoms. The van der Waals surface area contributed by atoms with Crippen molar-refractivity contribution >= 4 is 22.8 Å². The number of anilines is 1. The fourth-order valence-corrected chi connectivity index (χ4v) is 5.24. The SMILES string of the molecule is CC(C)c1cccc(C(C)C)c1N(CC1(n2ccc3cccnc32)CCCC1)C(N)=O. The summed E-state index contributed by atoms with van der Waals surface area (Å²) in [6.45, 7) is 9.27. The fraction of sp³-hybridized carbons (Fsp3) is 0.462. The molecule has 1 aromatic carbocycles. The number of benzene rings is 1. The first kappa shape index (κ1) is 21.4. The highest BCUT2D eigenvalue weighted by molar-refractivity contribution is 5.93. The maximum atomic E-state index is 12.9. The number of hydrogen-bond acceptors (Lipinski definition) is 2. The van der Waals surface area contributed by atoms with Crippen LogP contribution in [0.25, 0.3) is 11.0 Å². The molecule has 5 heteroatoms. The minimum atomic E-state index is -0.384. The van der Waals surface area contributed by atoms with Gasteiger partial charge in [0.15, 0.2) is 0 Å². The van der Waals surface area contributed by atoms with Crippen molar-refractivity contribution in [3.05, 3.63) is 59.9 Å². The third-order valence-corrected chi connectivity index (χ3v) is 6.82. The van der Waals surface area contributed by atoms with Crippen molar-refractivity contribution in [3.8, 4) is 0 Å². The molecule has 2 amide bonds. The zero-order chi connectivity index (χ0) is 22.2. The summed E-state index contributed by atoms with van der Waals surface area (Å²) >= 11 is 0. The van der Waals surface area contributed by atoms with Crippen LogP contribution in [0.15, 0.2) is 48.8 Å². The van der Waals surface area contributed by atoms with Gasteiger partial charge in [0.1, 0.15) is 5.65 Å². The van der Waals surface area contributed by atoms with E-state index in [-0.39, 0.29) is 11.6 Å². The number of amides is 2. The maximum absolute atomic E-state index is 12.9. The summed E-state index contributed by atoms with van der Waals surface area (Å²) in [5.74, 6) is 0.591. The van der Waals surface area contributed by atoms with E-state index in [4.69, 9.17) is 5.73 Å². The Labute approximate surface area is 185 Å². The Morgan fingerprint density at radius 1 is 1.06 bits per heavy atom. The summed E-state index contributed by atoms with van der Waals surface area (Å²) in [6, 6.07) is 12.2. The van der Waals surface area contributed by atoms with Gasteiger partial charge in [-0.1, -0.05) is 58.7 Å². The van der Waals surface area contributed by atoms with Crippen molar-refractivity contribution in [3.63, 3.8) is 0 Å². The van der Waals surface area contributed by atoms with Crippen LogP contribution in [0, 0.1) is 0 Å². The van der Waals surface area contributed by atoms with E-state index < -0.39 is 0 Å². The lowest BCUT2D eigenvalue weighted by atomic mass is 9.90.